The van der Waals surface area contributed by atoms with Crippen molar-refractivity contribution < 1.29 is 23.9 Å². The average Bonchev–Trinajstić information content (AvgIpc) is 2.45. The van der Waals surface area contributed by atoms with Gasteiger partial charge in [0, 0.05) is 5.69 Å². The first-order chi connectivity index (χ1) is 9.49. The molecule has 7 heteroatoms. The van der Waals surface area contributed by atoms with Crippen molar-refractivity contribution in [3.63, 3.8) is 0 Å². The summed E-state index contributed by atoms with van der Waals surface area (Å²) in [5.74, 6) is -1.83. The van der Waals surface area contributed by atoms with Gasteiger partial charge in [0.25, 0.3) is 5.91 Å². The van der Waals surface area contributed by atoms with Crippen molar-refractivity contribution in [1.82, 2.24) is 4.90 Å². The maximum absolute atomic E-state index is 12.3. The number of ether oxygens (including phenoxy) is 2. The maximum atomic E-state index is 12.3. The van der Waals surface area contributed by atoms with Gasteiger partial charge < -0.3 is 20.1 Å². The normalized spacial score (nSPS) is 9.70. The fourth-order valence-electron chi connectivity index (χ4n) is 1.50. The summed E-state index contributed by atoms with van der Waals surface area (Å²) in [5.41, 5.74) is 6.18. The Morgan fingerprint density at radius 2 is 1.55 bits per heavy atom. The number of methoxy groups -OCH3 is 2. The first-order valence-corrected chi connectivity index (χ1v) is 5.77. The van der Waals surface area contributed by atoms with E-state index in [0.717, 1.165) is 4.90 Å². The van der Waals surface area contributed by atoms with E-state index in [-0.39, 0.29) is 24.3 Å². The van der Waals surface area contributed by atoms with Gasteiger partial charge in [-0.25, -0.2) is 0 Å². The second-order valence-electron chi connectivity index (χ2n) is 3.90. The molecule has 1 aromatic carbocycles. The Labute approximate surface area is 116 Å². The van der Waals surface area contributed by atoms with Crippen LogP contribution in [0.1, 0.15) is 10.4 Å². The van der Waals surface area contributed by atoms with Crippen LogP contribution in [0.4, 0.5) is 5.69 Å². The zero-order chi connectivity index (χ0) is 15.1. The number of nitrogens with zero attached hydrogens (tertiary/aromatic N) is 1. The van der Waals surface area contributed by atoms with Crippen LogP contribution in [0.25, 0.3) is 0 Å². The number of esters is 2. The SMILES string of the molecule is COC(=O)CN(CC(=O)OC)C(=O)c1ccccc1N. The Bertz CT molecular complexity index is 497. The molecule has 0 fully saturated rings. The molecule has 108 valence electrons. The van der Waals surface area contributed by atoms with Crippen molar-refractivity contribution in [3.05, 3.63) is 29.8 Å². The fraction of sp³-hybridized carbons (Fsp3) is 0.308. The van der Waals surface area contributed by atoms with Crippen molar-refractivity contribution in [2.45, 2.75) is 0 Å². The molecule has 0 aliphatic carbocycles. The van der Waals surface area contributed by atoms with Crippen molar-refractivity contribution in [2.75, 3.05) is 33.0 Å². The lowest BCUT2D eigenvalue weighted by molar-refractivity contribution is -0.144. The quantitative estimate of drug-likeness (QED) is 0.604. The van der Waals surface area contributed by atoms with E-state index in [1.54, 1.807) is 18.2 Å². The van der Waals surface area contributed by atoms with E-state index in [1.165, 1.54) is 20.3 Å². The van der Waals surface area contributed by atoms with Crippen LogP contribution >= 0.6 is 0 Å². The molecule has 1 rings (SSSR count). The van der Waals surface area contributed by atoms with E-state index >= 15 is 0 Å². The molecule has 0 unspecified atom stereocenters. The number of hydrogen-bond acceptors (Lipinski definition) is 6. The third-order valence-electron chi connectivity index (χ3n) is 2.57. The Kier molecular flexibility index (Phi) is 5.52. The fourth-order valence-corrected chi connectivity index (χ4v) is 1.50. The highest BCUT2D eigenvalue weighted by Gasteiger charge is 2.23. The van der Waals surface area contributed by atoms with Crippen molar-refractivity contribution in [2.24, 2.45) is 0 Å². The third-order valence-corrected chi connectivity index (χ3v) is 2.57. The van der Waals surface area contributed by atoms with Gasteiger partial charge in [-0.15, -0.1) is 0 Å². The number of carbonyl (C=O) groups excluding carboxylic acids is 3. The molecule has 0 saturated carbocycles. The highest BCUT2D eigenvalue weighted by Crippen LogP contribution is 2.13. The minimum Gasteiger partial charge on any atom is -0.468 e. The number of amides is 1. The van der Waals surface area contributed by atoms with Crippen LogP contribution < -0.4 is 5.73 Å². The number of carbonyl (C=O) groups is 3. The third kappa shape index (κ3) is 3.98. The van der Waals surface area contributed by atoms with E-state index < -0.39 is 17.8 Å². The zero-order valence-electron chi connectivity index (χ0n) is 11.3. The number of anilines is 1. The molecule has 0 radical (unpaired) electrons. The molecule has 0 aliphatic rings. The smallest absolute Gasteiger partial charge is 0.325 e. The van der Waals surface area contributed by atoms with Gasteiger partial charge in [0.2, 0.25) is 0 Å². The van der Waals surface area contributed by atoms with E-state index in [4.69, 9.17) is 5.73 Å². The molecular weight excluding hydrogens is 264 g/mol. The van der Waals surface area contributed by atoms with Gasteiger partial charge in [-0.05, 0) is 12.1 Å². The molecule has 0 heterocycles. The molecule has 7 nitrogen and oxygen atoms in total. The Balaban J connectivity index is 2.97. The van der Waals surface area contributed by atoms with Crippen LogP contribution in [-0.2, 0) is 19.1 Å². The second-order valence-corrected chi connectivity index (χ2v) is 3.90. The number of para-hydroxylation sites is 1. The number of nitrogens with two attached hydrogens (primary N) is 1. The molecule has 1 amide bonds. The van der Waals surface area contributed by atoms with Gasteiger partial charge in [-0.3, -0.25) is 14.4 Å². The van der Waals surface area contributed by atoms with E-state index in [0.29, 0.717) is 0 Å². The highest BCUT2D eigenvalue weighted by atomic mass is 16.5. The molecule has 0 saturated heterocycles. The zero-order valence-corrected chi connectivity index (χ0v) is 11.3. The molecule has 0 spiro atoms. The minimum atomic E-state index is -0.642. The van der Waals surface area contributed by atoms with E-state index in [1.807, 2.05) is 0 Å². The van der Waals surface area contributed by atoms with Gasteiger partial charge in [0.15, 0.2) is 0 Å². The lowest BCUT2D eigenvalue weighted by atomic mass is 10.1. The lowest BCUT2D eigenvalue weighted by Gasteiger charge is -2.20. The van der Waals surface area contributed by atoms with Crippen molar-refractivity contribution in [3.8, 4) is 0 Å². The highest BCUT2D eigenvalue weighted by molar-refractivity contribution is 6.01. The first-order valence-electron chi connectivity index (χ1n) is 5.77. The van der Waals surface area contributed by atoms with E-state index in [2.05, 4.69) is 9.47 Å². The number of hydrogen-bond donors (Lipinski definition) is 1. The molecule has 0 aliphatic heterocycles. The Hall–Kier alpha value is -2.57. The van der Waals surface area contributed by atoms with Gasteiger partial charge in [-0.1, -0.05) is 12.1 Å². The molecule has 0 atom stereocenters. The summed E-state index contributed by atoms with van der Waals surface area (Å²) >= 11 is 0. The molecule has 20 heavy (non-hydrogen) atoms. The molecular formula is C13H16N2O5. The van der Waals surface area contributed by atoms with Crippen LogP contribution in [0.15, 0.2) is 24.3 Å². The summed E-state index contributed by atoms with van der Waals surface area (Å²) in [6.07, 6.45) is 0. The van der Waals surface area contributed by atoms with Crippen LogP contribution in [0.5, 0.6) is 0 Å². The van der Waals surface area contributed by atoms with Crippen LogP contribution in [0.2, 0.25) is 0 Å². The summed E-state index contributed by atoms with van der Waals surface area (Å²) in [4.78, 5) is 35.9. The first kappa shape index (κ1) is 15.5. The maximum Gasteiger partial charge on any atom is 0.325 e. The number of rotatable bonds is 5. The molecule has 1 aromatic rings. The van der Waals surface area contributed by atoms with Crippen molar-refractivity contribution in [1.29, 1.82) is 0 Å². The standard InChI is InChI=1S/C13H16N2O5/c1-19-11(16)7-15(8-12(17)20-2)13(18)9-5-3-4-6-10(9)14/h3-6H,7-8,14H2,1-2H3. The van der Waals surface area contributed by atoms with Gasteiger partial charge in [0.05, 0.1) is 19.8 Å². The van der Waals surface area contributed by atoms with Crippen LogP contribution in [0, 0.1) is 0 Å². The molecule has 0 bridgehead atoms. The average molecular weight is 280 g/mol. The monoisotopic (exact) mass is 280 g/mol. The predicted octanol–water partition coefficient (Wildman–Crippen LogP) is 0.0570. The summed E-state index contributed by atoms with van der Waals surface area (Å²) in [6.45, 7) is -0.725. The molecule has 2 N–H and O–H groups in total. The summed E-state index contributed by atoms with van der Waals surface area (Å²) in [6, 6.07) is 6.38. The second kappa shape index (κ2) is 7.13. The number of benzene rings is 1. The summed E-state index contributed by atoms with van der Waals surface area (Å²) in [7, 11) is 2.39. The van der Waals surface area contributed by atoms with Crippen LogP contribution in [-0.4, -0.2) is 50.1 Å². The minimum absolute atomic E-state index is 0.209. The van der Waals surface area contributed by atoms with Gasteiger partial charge in [-0.2, -0.15) is 0 Å². The number of nitrogen functional groups attached to an aromatic ring is 1. The van der Waals surface area contributed by atoms with Crippen molar-refractivity contribution >= 4 is 23.5 Å². The summed E-state index contributed by atoms with van der Waals surface area (Å²) < 4.78 is 8.99. The van der Waals surface area contributed by atoms with Gasteiger partial charge in [0.1, 0.15) is 13.1 Å². The largest absolute Gasteiger partial charge is 0.468 e. The lowest BCUT2D eigenvalue weighted by Crippen LogP contribution is -2.40. The Morgan fingerprint density at radius 3 is 2.00 bits per heavy atom. The van der Waals surface area contributed by atoms with Crippen LogP contribution in [0.3, 0.4) is 0 Å². The Morgan fingerprint density at radius 1 is 1.05 bits per heavy atom. The molecule has 0 aromatic heterocycles. The topological polar surface area (TPSA) is 98.9 Å². The predicted molar refractivity (Wildman–Crippen MR) is 70.8 cm³/mol. The summed E-state index contributed by atoms with van der Waals surface area (Å²) in [5, 5.41) is 0. The van der Waals surface area contributed by atoms with E-state index in [9.17, 15) is 14.4 Å². The van der Waals surface area contributed by atoms with Gasteiger partial charge >= 0.3 is 11.9 Å².